The number of carbonyl (C=O) groups excluding carboxylic acids is 5. The molecule has 5 atom stereocenters. The molecule has 0 spiro atoms. The number of rotatable bonds is 13. The lowest BCUT2D eigenvalue weighted by Crippen LogP contribution is -2.63. The van der Waals surface area contributed by atoms with E-state index >= 15 is 0 Å². The normalized spacial score (nSPS) is 20.0. The Kier molecular flexibility index (Phi) is 14.5. The number of hydrogen-bond donors (Lipinski definition) is 1. The molecule has 1 aliphatic carbocycles. The van der Waals surface area contributed by atoms with Gasteiger partial charge in [-0.1, -0.05) is 78.9 Å². The quantitative estimate of drug-likeness (QED) is 0.0381. The van der Waals surface area contributed by atoms with E-state index in [2.05, 4.69) is 28.7 Å². The van der Waals surface area contributed by atoms with Crippen LogP contribution >= 0.6 is 22.6 Å². The molecule has 3 heterocycles. The first kappa shape index (κ1) is 49.9. The summed E-state index contributed by atoms with van der Waals surface area (Å²) in [6.45, 7) is -0.529. The summed E-state index contributed by atoms with van der Waals surface area (Å²) in [6, 6.07) is 47.7. The lowest BCUT2D eigenvalue weighted by Gasteiger charge is -2.44. The lowest BCUT2D eigenvalue weighted by molar-refractivity contribution is -0.646. The first-order valence-corrected chi connectivity index (χ1v) is 24.9. The number of halogens is 1. The second-order valence-electron chi connectivity index (χ2n) is 17.7. The maximum absolute atomic E-state index is 14.1. The number of anilines is 1. The first-order valence-electron chi connectivity index (χ1n) is 23.8. The third-order valence-electron chi connectivity index (χ3n) is 12.9. The van der Waals surface area contributed by atoms with Gasteiger partial charge in [0.05, 0.1) is 33.4 Å². The Hall–Kier alpha value is -8.67. The van der Waals surface area contributed by atoms with Crippen LogP contribution in [0.1, 0.15) is 52.7 Å². The number of ketones is 1. The van der Waals surface area contributed by atoms with Crippen molar-refractivity contribution in [3.63, 3.8) is 0 Å². The summed E-state index contributed by atoms with van der Waals surface area (Å²) in [5, 5.41) is 12.3. The number of aryl methyl sites for hydroxylation is 1. The van der Waals surface area contributed by atoms with Crippen LogP contribution in [0.3, 0.4) is 0 Å². The predicted molar refractivity (Wildman–Crippen MR) is 285 cm³/mol. The van der Waals surface area contributed by atoms with Gasteiger partial charge in [0.15, 0.2) is 12.2 Å². The van der Waals surface area contributed by atoms with Crippen molar-refractivity contribution in [3.8, 4) is 5.75 Å². The summed E-state index contributed by atoms with van der Waals surface area (Å²) < 4.78 is 40.6. The summed E-state index contributed by atoms with van der Waals surface area (Å²) in [7, 11) is 3.73. The number of ether oxygens (including phenoxy) is 6. The van der Waals surface area contributed by atoms with Crippen LogP contribution in [-0.4, -0.2) is 79.1 Å². The molecular formula is C60H46IN2O12+. The Morgan fingerprint density at radius 1 is 0.653 bits per heavy atom. The highest BCUT2D eigenvalue weighted by Gasteiger charge is 2.54. The van der Waals surface area contributed by atoms with Gasteiger partial charge in [-0.25, -0.2) is 19.2 Å². The molecule has 1 saturated heterocycles. The second kappa shape index (κ2) is 21.8. The van der Waals surface area contributed by atoms with Crippen molar-refractivity contribution in [2.45, 2.75) is 30.7 Å². The van der Waals surface area contributed by atoms with Gasteiger partial charge in [0.1, 0.15) is 31.3 Å². The van der Waals surface area contributed by atoms with Crippen LogP contribution in [0, 0.1) is 3.57 Å². The number of esters is 4. The molecule has 0 bridgehead atoms. The molecule has 0 amide bonds. The molecule has 15 heteroatoms. The van der Waals surface area contributed by atoms with Gasteiger partial charge in [0.25, 0.3) is 0 Å². The van der Waals surface area contributed by atoms with Crippen molar-refractivity contribution in [1.29, 1.82) is 0 Å². The lowest BCUT2D eigenvalue weighted by atomic mass is 9.86. The number of carbonyl (C=O) groups is 5. The van der Waals surface area contributed by atoms with E-state index in [4.69, 9.17) is 28.4 Å². The Morgan fingerprint density at radius 2 is 1.21 bits per heavy atom. The van der Waals surface area contributed by atoms with Gasteiger partial charge in [0, 0.05) is 51.2 Å². The number of fused-ring (bicyclic) bond motifs is 2. The van der Waals surface area contributed by atoms with Crippen molar-refractivity contribution in [2.24, 2.45) is 7.05 Å². The number of aliphatic hydroxyl groups is 1. The Bertz CT molecular complexity index is 3490. The van der Waals surface area contributed by atoms with Crippen LogP contribution in [-0.2, 0) is 35.5 Å². The molecule has 2 aliphatic heterocycles. The second-order valence-corrected chi connectivity index (χ2v) is 18.9. The van der Waals surface area contributed by atoms with Gasteiger partial charge in [-0.05, 0) is 120 Å². The average molecular weight is 1110 g/mol. The van der Waals surface area contributed by atoms with Gasteiger partial charge < -0.3 is 38.4 Å². The van der Waals surface area contributed by atoms with E-state index in [-0.39, 0.29) is 50.7 Å². The highest BCUT2D eigenvalue weighted by molar-refractivity contribution is 14.1. The first-order chi connectivity index (χ1) is 36.4. The average Bonchev–Trinajstić information content (AvgIpc) is 3.44. The van der Waals surface area contributed by atoms with Crippen LogP contribution in [0.25, 0.3) is 23.1 Å². The Morgan fingerprint density at radius 3 is 1.80 bits per heavy atom. The van der Waals surface area contributed by atoms with Crippen molar-refractivity contribution >= 4 is 81.0 Å². The summed E-state index contributed by atoms with van der Waals surface area (Å²) >= 11 is 2.27. The van der Waals surface area contributed by atoms with Crippen molar-refractivity contribution in [2.75, 3.05) is 18.6 Å². The standard InChI is InChI=1S/C60H45IN2O12/c1-62-43(26-23-40-31-42(61)25-29-48(40)62)33-46-51(64)47(52(46)65)34-44-27-24-41-32-45(28-30-49(41)63(44)2)71-60-55(75-59(69)39-21-13-6-14-22-39)54(74-58(68)38-19-11-5-12-20-38)53(73-57(67)37-17-9-4-10-18-37)50(72-60)35-70-56(66)36-15-7-3-8-16-36/h3-34,50,53-55,60H,35H2,1-2H3/p+1/t50-,53-,54+,55-,60-/m1/s1. The number of aliphatic hydroxyl groups excluding tert-OH is 1. The summed E-state index contributed by atoms with van der Waals surface area (Å²) in [5.74, 6) is -3.41. The molecule has 14 nitrogen and oxygen atoms in total. The molecule has 7 aromatic rings. The van der Waals surface area contributed by atoms with Gasteiger partial charge >= 0.3 is 23.9 Å². The van der Waals surface area contributed by atoms with Crippen molar-refractivity contribution < 1.29 is 62.1 Å². The molecular weight excluding hydrogens is 1070 g/mol. The fourth-order valence-corrected chi connectivity index (χ4v) is 9.43. The van der Waals surface area contributed by atoms with E-state index in [0.29, 0.717) is 16.9 Å². The summed E-state index contributed by atoms with van der Waals surface area (Å²) in [5.41, 5.74) is 4.80. The van der Waals surface area contributed by atoms with E-state index < -0.39 is 61.2 Å². The fraction of sp³-hybridized carbons (Fsp3) is 0.133. The molecule has 10 rings (SSSR count). The van der Waals surface area contributed by atoms with Crippen LogP contribution in [0.4, 0.5) is 5.69 Å². The number of benzene rings is 6. The smallest absolute Gasteiger partial charge is 0.338 e. The maximum atomic E-state index is 14.1. The molecule has 1 fully saturated rings. The topological polar surface area (TPSA) is 168 Å². The van der Waals surface area contributed by atoms with Crippen LogP contribution in [0.5, 0.6) is 5.75 Å². The third kappa shape index (κ3) is 10.7. The Balaban J connectivity index is 0.974. The number of Topliss-reactive ketones (excluding diaryl/α,β-unsaturated/α-hetero) is 1. The van der Waals surface area contributed by atoms with Gasteiger partial charge in [-0.15, -0.1) is 0 Å². The largest absolute Gasteiger partial charge is 0.506 e. The number of hydrogen-bond acceptors (Lipinski definition) is 13. The minimum Gasteiger partial charge on any atom is -0.506 e. The van der Waals surface area contributed by atoms with E-state index in [0.717, 1.165) is 20.2 Å². The van der Waals surface area contributed by atoms with E-state index in [1.165, 1.54) is 24.3 Å². The van der Waals surface area contributed by atoms with Crippen LogP contribution < -0.4 is 14.2 Å². The highest BCUT2D eigenvalue weighted by Crippen LogP contribution is 2.38. The van der Waals surface area contributed by atoms with Crippen LogP contribution in [0.2, 0.25) is 0 Å². The zero-order valence-electron chi connectivity index (χ0n) is 40.3. The molecule has 374 valence electrons. The number of likely N-dealkylation sites (N-methyl/N-ethyl adjacent to an activating group) is 1. The third-order valence-corrected chi connectivity index (χ3v) is 13.6. The fourth-order valence-electron chi connectivity index (χ4n) is 8.91. The molecule has 3 aliphatic rings. The monoisotopic (exact) mass is 1110 g/mol. The zero-order chi connectivity index (χ0) is 52.2. The van der Waals surface area contributed by atoms with Gasteiger partial charge in [-0.3, -0.25) is 4.79 Å². The van der Waals surface area contributed by atoms with E-state index in [9.17, 15) is 29.1 Å². The molecule has 0 saturated carbocycles. The number of nitrogens with zero attached hydrogens (tertiary/aromatic N) is 2. The molecule has 6 aromatic carbocycles. The summed E-state index contributed by atoms with van der Waals surface area (Å²) in [4.78, 5) is 71.0. The molecule has 0 radical (unpaired) electrons. The van der Waals surface area contributed by atoms with Crippen molar-refractivity contribution in [1.82, 2.24) is 0 Å². The molecule has 0 unspecified atom stereocenters. The van der Waals surface area contributed by atoms with Gasteiger partial charge in [-0.2, -0.15) is 4.57 Å². The molecule has 75 heavy (non-hydrogen) atoms. The minimum absolute atomic E-state index is 0.112. The van der Waals surface area contributed by atoms with Crippen molar-refractivity contribution in [3.05, 3.63) is 242 Å². The SMILES string of the molecule is CN1/C(=C/C2=C(O)C(=C/c3ccc4cc(I)ccc4[n+]3C)/C2=O)C=Cc2cc(O[C@@H]3O[C@H](COC(=O)c4ccccc4)[C@@H](OC(=O)c4ccccc4)[C@H](OC(=O)c4ccccc4)[C@H]3OC(=O)c3ccccc3)ccc21. The maximum Gasteiger partial charge on any atom is 0.338 e. The number of aromatic nitrogens is 1. The Labute approximate surface area is 444 Å². The van der Waals surface area contributed by atoms with Crippen LogP contribution in [0.15, 0.2) is 205 Å². The molecule has 1 N–H and O–H groups in total. The zero-order valence-corrected chi connectivity index (χ0v) is 42.4. The van der Waals surface area contributed by atoms with Gasteiger partial charge in [0.2, 0.25) is 29.4 Å². The minimum atomic E-state index is -1.62. The van der Waals surface area contributed by atoms with E-state index in [1.54, 1.807) is 133 Å². The number of pyridine rings is 1. The number of allylic oxidation sites excluding steroid dienone is 4. The summed E-state index contributed by atoms with van der Waals surface area (Å²) in [6.07, 6.45) is -0.834. The highest BCUT2D eigenvalue weighted by atomic mass is 127. The van der Waals surface area contributed by atoms with E-state index in [1.807, 2.05) is 53.9 Å². The molecule has 1 aromatic heterocycles. The predicted octanol–water partition coefficient (Wildman–Crippen LogP) is 9.73.